The van der Waals surface area contributed by atoms with Gasteiger partial charge in [-0.15, -0.1) is 10.2 Å². The SMILES string of the molecule is O=S(=O)(NCc1nn[nH]n1)c1cc(F)cc(F)c1. The molecular weight excluding hydrogens is 268 g/mol. The minimum Gasteiger partial charge on any atom is -0.207 e. The van der Waals surface area contributed by atoms with Gasteiger partial charge in [-0.25, -0.2) is 21.9 Å². The van der Waals surface area contributed by atoms with Crippen LogP contribution in [0.15, 0.2) is 23.1 Å². The van der Waals surface area contributed by atoms with Crippen LogP contribution in [-0.4, -0.2) is 29.0 Å². The smallest absolute Gasteiger partial charge is 0.207 e. The lowest BCUT2D eigenvalue weighted by molar-refractivity contribution is 0.560. The zero-order valence-corrected chi connectivity index (χ0v) is 9.58. The Labute approximate surface area is 100 Å². The fraction of sp³-hybridized carbons (Fsp3) is 0.125. The minimum absolute atomic E-state index is 0.107. The van der Waals surface area contributed by atoms with E-state index in [1.807, 2.05) is 0 Å². The molecule has 18 heavy (non-hydrogen) atoms. The molecule has 0 amide bonds. The number of tetrazole rings is 1. The van der Waals surface area contributed by atoms with Crippen LogP contribution in [0.3, 0.4) is 0 Å². The predicted molar refractivity (Wildman–Crippen MR) is 54.6 cm³/mol. The Morgan fingerprint density at radius 1 is 1.22 bits per heavy atom. The first kappa shape index (κ1) is 12.5. The third-order valence-corrected chi connectivity index (χ3v) is 3.34. The van der Waals surface area contributed by atoms with Gasteiger partial charge in [0, 0.05) is 6.07 Å². The zero-order chi connectivity index (χ0) is 13.2. The number of hydrogen-bond donors (Lipinski definition) is 2. The van der Waals surface area contributed by atoms with Crippen LogP contribution < -0.4 is 4.72 Å². The Bertz CT molecular complexity index is 623. The molecule has 0 aliphatic carbocycles. The highest BCUT2D eigenvalue weighted by molar-refractivity contribution is 7.89. The fourth-order valence-corrected chi connectivity index (χ4v) is 2.21. The highest BCUT2D eigenvalue weighted by atomic mass is 32.2. The van der Waals surface area contributed by atoms with E-state index in [0.29, 0.717) is 18.2 Å². The first-order valence-electron chi connectivity index (χ1n) is 4.65. The van der Waals surface area contributed by atoms with Crippen molar-refractivity contribution in [2.24, 2.45) is 0 Å². The third-order valence-electron chi connectivity index (χ3n) is 1.96. The summed E-state index contributed by atoms with van der Waals surface area (Å²) >= 11 is 0. The van der Waals surface area contributed by atoms with Gasteiger partial charge in [0.05, 0.1) is 11.4 Å². The molecule has 0 bridgehead atoms. The summed E-state index contributed by atoms with van der Waals surface area (Å²) in [6.07, 6.45) is 0. The Balaban J connectivity index is 2.20. The number of nitrogens with zero attached hydrogens (tertiary/aromatic N) is 3. The highest BCUT2D eigenvalue weighted by Gasteiger charge is 2.17. The van der Waals surface area contributed by atoms with E-state index < -0.39 is 26.6 Å². The van der Waals surface area contributed by atoms with E-state index in [2.05, 4.69) is 25.3 Å². The molecule has 2 aromatic rings. The number of nitrogens with one attached hydrogen (secondary N) is 2. The minimum atomic E-state index is -4.03. The van der Waals surface area contributed by atoms with Crippen LogP contribution in [-0.2, 0) is 16.6 Å². The number of sulfonamides is 1. The zero-order valence-electron chi connectivity index (χ0n) is 8.76. The van der Waals surface area contributed by atoms with Crippen LogP contribution in [0.4, 0.5) is 8.78 Å². The third kappa shape index (κ3) is 2.84. The van der Waals surface area contributed by atoms with Crippen molar-refractivity contribution < 1.29 is 17.2 Å². The van der Waals surface area contributed by atoms with Gasteiger partial charge >= 0.3 is 0 Å². The summed E-state index contributed by atoms with van der Waals surface area (Å²) in [5.74, 6) is -1.85. The van der Waals surface area contributed by atoms with Crippen molar-refractivity contribution in [2.75, 3.05) is 0 Å². The largest absolute Gasteiger partial charge is 0.241 e. The molecule has 7 nitrogen and oxygen atoms in total. The lowest BCUT2D eigenvalue weighted by Crippen LogP contribution is -2.24. The molecule has 0 fully saturated rings. The van der Waals surface area contributed by atoms with Crippen LogP contribution in [0.5, 0.6) is 0 Å². The van der Waals surface area contributed by atoms with Crippen molar-refractivity contribution in [2.45, 2.75) is 11.4 Å². The lowest BCUT2D eigenvalue weighted by Gasteiger charge is -2.04. The van der Waals surface area contributed by atoms with Crippen molar-refractivity contribution in [3.8, 4) is 0 Å². The molecule has 0 radical (unpaired) electrons. The Morgan fingerprint density at radius 3 is 2.44 bits per heavy atom. The molecule has 0 aliphatic heterocycles. The summed E-state index contributed by atoms with van der Waals surface area (Å²) in [6, 6.07) is 2.00. The average Bonchev–Trinajstić information content (AvgIpc) is 2.78. The van der Waals surface area contributed by atoms with Gasteiger partial charge in [0.2, 0.25) is 10.0 Å². The molecule has 2 rings (SSSR count). The van der Waals surface area contributed by atoms with Crippen molar-refractivity contribution in [3.63, 3.8) is 0 Å². The van der Waals surface area contributed by atoms with Crippen LogP contribution in [0.25, 0.3) is 0 Å². The number of aromatic amines is 1. The molecule has 0 saturated heterocycles. The summed E-state index contributed by atoms with van der Waals surface area (Å²) in [7, 11) is -4.03. The Hall–Kier alpha value is -1.94. The molecular formula is C8H7F2N5O2S. The van der Waals surface area contributed by atoms with Crippen molar-refractivity contribution in [3.05, 3.63) is 35.7 Å². The summed E-state index contributed by atoms with van der Waals surface area (Å²) in [5, 5.41) is 12.4. The van der Waals surface area contributed by atoms with Crippen molar-refractivity contribution in [1.82, 2.24) is 25.3 Å². The number of halogens is 2. The summed E-state index contributed by atoms with van der Waals surface area (Å²) in [5.41, 5.74) is 0. The first-order valence-corrected chi connectivity index (χ1v) is 6.14. The molecule has 0 spiro atoms. The average molecular weight is 275 g/mol. The number of H-pyrrole nitrogens is 1. The maximum atomic E-state index is 12.9. The molecule has 10 heteroatoms. The maximum absolute atomic E-state index is 12.9. The molecule has 1 aromatic heterocycles. The van der Waals surface area contributed by atoms with E-state index in [4.69, 9.17) is 0 Å². The van der Waals surface area contributed by atoms with Crippen LogP contribution in [0.2, 0.25) is 0 Å². The van der Waals surface area contributed by atoms with Gasteiger partial charge in [0.1, 0.15) is 11.6 Å². The molecule has 96 valence electrons. The van der Waals surface area contributed by atoms with E-state index >= 15 is 0 Å². The van der Waals surface area contributed by atoms with E-state index in [9.17, 15) is 17.2 Å². The summed E-state index contributed by atoms with van der Waals surface area (Å²) in [6.45, 7) is -0.239. The quantitative estimate of drug-likeness (QED) is 0.815. The van der Waals surface area contributed by atoms with Gasteiger partial charge in [-0.3, -0.25) is 0 Å². The van der Waals surface area contributed by atoms with Crippen LogP contribution in [0.1, 0.15) is 5.82 Å². The van der Waals surface area contributed by atoms with Crippen molar-refractivity contribution >= 4 is 10.0 Å². The molecule has 0 saturated carbocycles. The van der Waals surface area contributed by atoms with E-state index in [1.54, 1.807) is 0 Å². The van der Waals surface area contributed by atoms with E-state index in [-0.39, 0.29) is 12.4 Å². The second-order valence-corrected chi connectivity index (χ2v) is 5.02. The predicted octanol–water partition coefficient (Wildman–Crippen LogP) is -0.0436. The van der Waals surface area contributed by atoms with Gasteiger partial charge < -0.3 is 0 Å². The normalized spacial score (nSPS) is 11.7. The molecule has 1 aromatic carbocycles. The molecule has 0 aliphatic rings. The molecule has 0 atom stereocenters. The van der Waals surface area contributed by atoms with Gasteiger partial charge in [-0.2, -0.15) is 5.21 Å². The number of aromatic nitrogens is 4. The number of hydrogen-bond acceptors (Lipinski definition) is 5. The summed E-state index contributed by atoms with van der Waals surface area (Å²) < 4.78 is 51.3. The fourth-order valence-electron chi connectivity index (χ4n) is 1.18. The van der Waals surface area contributed by atoms with Gasteiger partial charge in [-0.05, 0) is 12.1 Å². The first-order chi connectivity index (χ1) is 8.47. The van der Waals surface area contributed by atoms with E-state index in [0.717, 1.165) is 0 Å². The van der Waals surface area contributed by atoms with Gasteiger partial charge in [0.25, 0.3) is 0 Å². The van der Waals surface area contributed by atoms with Crippen LogP contribution >= 0.6 is 0 Å². The highest BCUT2D eigenvalue weighted by Crippen LogP contribution is 2.13. The van der Waals surface area contributed by atoms with Crippen LogP contribution in [0, 0.1) is 11.6 Å². The van der Waals surface area contributed by atoms with E-state index in [1.165, 1.54) is 0 Å². The van der Waals surface area contributed by atoms with Gasteiger partial charge in [-0.1, -0.05) is 5.21 Å². The van der Waals surface area contributed by atoms with Crippen molar-refractivity contribution in [1.29, 1.82) is 0 Å². The van der Waals surface area contributed by atoms with Gasteiger partial charge in [0.15, 0.2) is 5.82 Å². The Kier molecular flexibility index (Phi) is 3.30. The standard InChI is InChI=1S/C8H7F2N5O2S/c9-5-1-6(10)3-7(2-5)18(16,17)11-4-8-12-14-15-13-8/h1-3,11H,4H2,(H,12,13,14,15). The molecule has 1 heterocycles. The lowest BCUT2D eigenvalue weighted by atomic mass is 10.3. The monoisotopic (exact) mass is 275 g/mol. The molecule has 0 unspecified atom stereocenters. The Morgan fingerprint density at radius 2 is 1.89 bits per heavy atom. The summed E-state index contributed by atoms with van der Waals surface area (Å²) in [4.78, 5) is -0.511. The second-order valence-electron chi connectivity index (χ2n) is 3.26. The second kappa shape index (κ2) is 4.74. The number of benzene rings is 1. The maximum Gasteiger partial charge on any atom is 0.241 e. The number of rotatable bonds is 4. The topological polar surface area (TPSA) is 101 Å². The molecule has 2 N–H and O–H groups in total.